The van der Waals surface area contributed by atoms with Gasteiger partial charge >= 0.3 is 6.16 Å². The van der Waals surface area contributed by atoms with E-state index in [1.807, 2.05) is 0 Å². The first kappa shape index (κ1) is 11.3. The Kier molecular flexibility index (Phi) is 3.95. The molecular weight excluding hydrogens is 196 g/mol. The highest BCUT2D eigenvalue weighted by Crippen LogP contribution is 2.21. The molecule has 0 unspecified atom stereocenters. The van der Waals surface area contributed by atoms with E-state index in [0.29, 0.717) is 18.4 Å². The molecule has 4 heteroatoms. The van der Waals surface area contributed by atoms with Gasteiger partial charge in [0.15, 0.2) is 0 Å². The Bertz CT molecular complexity index is 324. The first-order chi connectivity index (χ1) is 7.15. The van der Waals surface area contributed by atoms with E-state index in [2.05, 4.69) is 17.2 Å². The SMILES string of the molecule is C#CC1=C[C@H](O)C[C@@H](OC(=O)OC=C)C1. The fourth-order valence-corrected chi connectivity index (χ4v) is 1.39. The average Bonchev–Trinajstić information content (AvgIpc) is 2.17. The van der Waals surface area contributed by atoms with E-state index in [1.165, 1.54) is 0 Å². The minimum absolute atomic E-state index is 0.331. The summed E-state index contributed by atoms with van der Waals surface area (Å²) in [6, 6.07) is 0. The lowest BCUT2D eigenvalue weighted by Crippen LogP contribution is -2.27. The van der Waals surface area contributed by atoms with Crippen LogP contribution < -0.4 is 0 Å². The van der Waals surface area contributed by atoms with Crippen molar-refractivity contribution in [2.75, 3.05) is 0 Å². The second-order valence-corrected chi connectivity index (χ2v) is 3.12. The topological polar surface area (TPSA) is 55.8 Å². The second kappa shape index (κ2) is 5.23. The van der Waals surface area contributed by atoms with Crippen LogP contribution in [0.2, 0.25) is 0 Å². The predicted molar refractivity (Wildman–Crippen MR) is 53.7 cm³/mol. The van der Waals surface area contributed by atoms with Crippen LogP contribution in [-0.4, -0.2) is 23.5 Å². The van der Waals surface area contributed by atoms with Crippen LogP contribution in [0.25, 0.3) is 0 Å². The summed E-state index contributed by atoms with van der Waals surface area (Å²) >= 11 is 0. The number of hydrogen-bond acceptors (Lipinski definition) is 4. The molecule has 4 nitrogen and oxygen atoms in total. The van der Waals surface area contributed by atoms with E-state index in [0.717, 1.165) is 6.26 Å². The highest BCUT2D eigenvalue weighted by atomic mass is 16.7. The minimum atomic E-state index is -0.833. The summed E-state index contributed by atoms with van der Waals surface area (Å²) < 4.78 is 9.30. The Labute approximate surface area is 88.2 Å². The summed E-state index contributed by atoms with van der Waals surface area (Å²) in [6.07, 6.45) is 6.58. The molecule has 80 valence electrons. The zero-order chi connectivity index (χ0) is 11.3. The molecule has 15 heavy (non-hydrogen) atoms. The van der Waals surface area contributed by atoms with Crippen LogP contribution in [0.1, 0.15) is 12.8 Å². The van der Waals surface area contributed by atoms with Crippen LogP contribution in [0, 0.1) is 12.3 Å². The smallest absolute Gasteiger partial charge is 0.430 e. The van der Waals surface area contributed by atoms with Crippen molar-refractivity contribution < 1.29 is 19.4 Å². The molecule has 0 saturated heterocycles. The van der Waals surface area contributed by atoms with E-state index in [9.17, 15) is 9.90 Å². The average molecular weight is 208 g/mol. The number of ether oxygens (including phenoxy) is 2. The Morgan fingerprint density at radius 1 is 1.80 bits per heavy atom. The Morgan fingerprint density at radius 2 is 2.53 bits per heavy atom. The van der Waals surface area contributed by atoms with Gasteiger partial charge in [-0.25, -0.2) is 4.79 Å². The monoisotopic (exact) mass is 208 g/mol. The van der Waals surface area contributed by atoms with Crippen LogP contribution in [0.5, 0.6) is 0 Å². The summed E-state index contributed by atoms with van der Waals surface area (Å²) in [5.41, 5.74) is 0.630. The molecule has 0 aromatic carbocycles. The third-order valence-corrected chi connectivity index (χ3v) is 1.97. The number of carbonyl (C=O) groups excluding carboxylic acids is 1. The fourth-order valence-electron chi connectivity index (χ4n) is 1.39. The molecule has 1 N–H and O–H groups in total. The first-order valence-electron chi connectivity index (χ1n) is 4.49. The molecular formula is C11H12O4. The zero-order valence-corrected chi connectivity index (χ0v) is 8.18. The van der Waals surface area contributed by atoms with Crippen molar-refractivity contribution in [3.8, 4) is 12.3 Å². The summed E-state index contributed by atoms with van der Waals surface area (Å²) in [6.45, 7) is 3.22. The van der Waals surface area contributed by atoms with Gasteiger partial charge in [0.05, 0.1) is 12.4 Å². The van der Waals surface area contributed by atoms with Gasteiger partial charge in [-0.2, -0.15) is 0 Å². The van der Waals surface area contributed by atoms with E-state index >= 15 is 0 Å². The molecule has 0 bridgehead atoms. The third kappa shape index (κ3) is 3.49. The van der Waals surface area contributed by atoms with Crippen LogP contribution in [0.15, 0.2) is 24.5 Å². The number of hydrogen-bond donors (Lipinski definition) is 1. The van der Waals surface area contributed by atoms with Gasteiger partial charge in [-0.1, -0.05) is 12.5 Å². The molecule has 0 fully saturated rings. The van der Waals surface area contributed by atoms with Crippen molar-refractivity contribution in [1.82, 2.24) is 0 Å². The Balaban J connectivity index is 2.52. The molecule has 2 atom stereocenters. The highest BCUT2D eigenvalue weighted by Gasteiger charge is 2.23. The number of carbonyl (C=O) groups is 1. The van der Waals surface area contributed by atoms with Crippen molar-refractivity contribution in [3.63, 3.8) is 0 Å². The number of rotatable bonds is 2. The molecule has 0 radical (unpaired) electrons. The summed E-state index contributed by atoms with van der Waals surface area (Å²) in [5.74, 6) is 2.42. The van der Waals surface area contributed by atoms with E-state index < -0.39 is 18.4 Å². The summed E-state index contributed by atoms with van der Waals surface area (Å²) in [7, 11) is 0. The third-order valence-electron chi connectivity index (χ3n) is 1.97. The number of aliphatic hydroxyl groups excluding tert-OH is 1. The maximum atomic E-state index is 10.9. The quantitative estimate of drug-likeness (QED) is 0.423. The zero-order valence-electron chi connectivity index (χ0n) is 8.18. The van der Waals surface area contributed by atoms with Crippen molar-refractivity contribution in [2.45, 2.75) is 25.0 Å². The van der Waals surface area contributed by atoms with Gasteiger partial charge in [-0.3, -0.25) is 0 Å². The van der Waals surface area contributed by atoms with E-state index in [4.69, 9.17) is 11.2 Å². The largest absolute Gasteiger partial charge is 0.513 e. The number of aliphatic hydroxyl groups is 1. The Morgan fingerprint density at radius 3 is 3.13 bits per heavy atom. The summed E-state index contributed by atoms with van der Waals surface area (Å²) in [4.78, 5) is 10.9. The van der Waals surface area contributed by atoms with Crippen molar-refractivity contribution >= 4 is 6.16 Å². The molecule has 0 amide bonds. The minimum Gasteiger partial charge on any atom is -0.430 e. The maximum Gasteiger partial charge on any atom is 0.513 e. The van der Waals surface area contributed by atoms with Crippen LogP contribution in [0.3, 0.4) is 0 Å². The lowest BCUT2D eigenvalue weighted by atomic mass is 9.95. The van der Waals surface area contributed by atoms with Gasteiger partial charge in [0.1, 0.15) is 6.10 Å². The second-order valence-electron chi connectivity index (χ2n) is 3.12. The fraction of sp³-hybridized carbons (Fsp3) is 0.364. The van der Waals surface area contributed by atoms with Crippen molar-refractivity contribution in [2.24, 2.45) is 0 Å². The van der Waals surface area contributed by atoms with Crippen molar-refractivity contribution in [1.29, 1.82) is 0 Å². The Hall–Kier alpha value is -1.73. The van der Waals surface area contributed by atoms with Gasteiger partial charge < -0.3 is 14.6 Å². The lowest BCUT2D eigenvalue weighted by Gasteiger charge is -2.23. The molecule has 0 aliphatic heterocycles. The lowest BCUT2D eigenvalue weighted by molar-refractivity contribution is 0.0250. The van der Waals surface area contributed by atoms with Gasteiger partial charge in [-0.15, -0.1) is 6.42 Å². The molecule has 1 aliphatic carbocycles. The van der Waals surface area contributed by atoms with Gasteiger partial charge in [0.25, 0.3) is 0 Å². The molecule has 0 saturated carbocycles. The highest BCUT2D eigenvalue weighted by molar-refractivity contribution is 5.61. The standard InChI is InChI=1S/C11H12O4/c1-3-8-5-9(12)7-10(6-8)15-11(13)14-4-2/h1,4-5,9-10,12H,2,6-7H2/t9-,10-/m0/s1. The molecule has 0 aromatic heterocycles. The normalized spacial score (nSPS) is 24.7. The van der Waals surface area contributed by atoms with Crippen LogP contribution in [-0.2, 0) is 9.47 Å². The molecule has 0 heterocycles. The molecule has 1 rings (SSSR count). The van der Waals surface area contributed by atoms with E-state index in [1.54, 1.807) is 6.08 Å². The van der Waals surface area contributed by atoms with Crippen LogP contribution >= 0.6 is 0 Å². The molecule has 0 aromatic rings. The van der Waals surface area contributed by atoms with Crippen molar-refractivity contribution in [3.05, 3.63) is 24.5 Å². The van der Waals surface area contributed by atoms with Crippen LogP contribution in [0.4, 0.5) is 4.79 Å². The summed E-state index contributed by atoms with van der Waals surface area (Å²) in [5, 5.41) is 9.40. The van der Waals surface area contributed by atoms with E-state index in [-0.39, 0.29) is 0 Å². The predicted octanol–water partition coefficient (Wildman–Crippen LogP) is 1.37. The molecule has 0 spiro atoms. The van der Waals surface area contributed by atoms with Gasteiger partial charge in [-0.05, 0) is 6.08 Å². The molecule has 1 aliphatic rings. The van der Waals surface area contributed by atoms with Gasteiger partial charge in [0, 0.05) is 18.4 Å². The van der Waals surface area contributed by atoms with Gasteiger partial charge in [0.2, 0.25) is 0 Å². The maximum absolute atomic E-state index is 10.9. The first-order valence-corrected chi connectivity index (χ1v) is 4.49. The number of terminal acetylenes is 1.